The standard InChI is InChI=1S/C13H27N3O/c1-10(2)8-16(11(3)4)9-13(5-6-13)7-12(14)15-17/h10-11,17H,5-9H2,1-4H3,(H2,14,15). The average Bonchev–Trinajstić information content (AvgIpc) is 2.96. The van der Waals surface area contributed by atoms with E-state index in [4.69, 9.17) is 10.9 Å². The summed E-state index contributed by atoms with van der Waals surface area (Å²) < 4.78 is 0. The molecule has 4 heteroatoms. The Balaban J connectivity index is 2.54. The minimum absolute atomic E-state index is 0.273. The van der Waals surface area contributed by atoms with Crippen molar-refractivity contribution in [3.8, 4) is 0 Å². The molecule has 0 bridgehead atoms. The van der Waals surface area contributed by atoms with Crippen molar-refractivity contribution >= 4 is 5.84 Å². The van der Waals surface area contributed by atoms with Crippen LogP contribution in [0.15, 0.2) is 5.16 Å². The van der Waals surface area contributed by atoms with Gasteiger partial charge in [-0.3, -0.25) is 0 Å². The predicted molar refractivity (Wildman–Crippen MR) is 71.2 cm³/mol. The van der Waals surface area contributed by atoms with Crippen molar-refractivity contribution in [2.45, 2.75) is 53.0 Å². The lowest BCUT2D eigenvalue weighted by Crippen LogP contribution is -2.39. The SMILES string of the molecule is CC(C)CN(CC1(CC(N)=NO)CC1)C(C)C. The molecule has 3 N–H and O–H groups in total. The second-order valence-electron chi connectivity index (χ2n) is 6.19. The highest BCUT2D eigenvalue weighted by atomic mass is 16.4. The number of hydrogen-bond donors (Lipinski definition) is 2. The molecule has 0 aliphatic heterocycles. The van der Waals surface area contributed by atoms with Gasteiger partial charge in [-0.15, -0.1) is 0 Å². The van der Waals surface area contributed by atoms with Gasteiger partial charge in [-0.05, 0) is 38.0 Å². The molecule has 100 valence electrons. The summed E-state index contributed by atoms with van der Waals surface area (Å²) in [6, 6.07) is 0.558. The molecule has 1 fully saturated rings. The van der Waals surface area contributed by atoms with Crippen LogP contribution in [-0.4, -0.2) is 35.1 Å². The maximum Gasteiger partial charge on any atom is 0.139 e. The van der Waals surface area contributed by atoms with Crippen molar-refractivity contribution in [2.24, 2.45) is 22.2 Å². The lowest BCUT2D eigenvalue weighted by Gasteiger charge is -2.32. The third kappa shape index (κ3) is 4.54. The smallest absolute Gasteiger partial charge is 0.139 e. The summed E-state index contributed by atoms with van der Waals surface area (Å²) in [7, 11) is 0. The van der Waals surface area contributed by atoms with Gasteiger partial charge in [-0.2, -0.15) is 0 Å². The first-order valence-electron chi connectivity index (χ1n) is 6.59. The number of nitrogens with two attached hydrogens (primary N) is 1. The first kappa shape index (κ1) is 14.3. The molecule has 17 heavy (non-hydrogen) atoms. The van der Waals surface area contributed by atoms with Crippen LogP contribution < -0.4 is 5.73 Å². The van der Waals surface area contributed by atoms with Crippen molar-refractivity contribution in [1.29, 1.82) is 0 Å². The summed E-state index contributed by atoms with van der Waals surface area (Å²) in [5.41, 5.74) is 5.91. The lowest BCUT2D eigenvalue weighted by atomic mass is 9.99. The number of amidine groups is 1. The van der Waals surface area contributed by atoms with Crippen LogP contribution in [0.3, 0.4) is 0 Å². The lowest BCUT2D eigenvalue weighted by molar-refractivity contribution is 0.160. The van der Waals surface area contributed by atoms with E-state index >= 15 is 0 Å². The second kappa shape index (κ2) is 5.71. The summed E-state index contributed by atoms with van der Waals surface area (Å²) in [5, 5.41) is 11.8. The zero-order valence-corrected chi connectivity index (χ0v) is 11.6. The topological polar surface area (TPSA) is 61.8 Å². The van der Waals surface area contributed by atoms with Crippen molar-refractivity contribution in [3.63, 3.8) is 0 Å². The van der Waals surface area contributed by atoms with Gasteiger partial charge in [0, 0.05) is 25.6 Å². The maximum atomic E-state index is 8.66. The number of nitrogens with zero attached hydrogens (tertiary/aromatic N) is 2. The van der Waals surface area contributed by atoms with Gasteiger partial charge >= 0.3 is 0 Å². The van der Waals surface area contributed by atoms with Crippen LogP contribution in [0.2, 0.25) is 0 Å². The zero-order chi connectivity index (χ0) is 13.1. The van der Waals surface area contributed by atoms with Crippen LogP contribution in [0.5, 0.6) is 0 Å². The Kier molecular flexibility index (Phi) is 4.80. The fraction of sp³-hybridized carbons (Fsp3) is 0.923. The van der Waals surface area contributed by atoms with Crippen molar-refractivity contribution < 1.29 is 5.21 Å². The molecule has 0 saturated heterocycles. The molecule has 0 aromatic heterocycles. The molecule has 1 aliphatic carbocycles. The van der Waals surface area contributed by atoms with Gasteiger partial charge in [-0.25, -0.2) is 0 Å². The third-order valence-electron chi connectivity index (χ3n) is 3.51. The Morgan fingerprint density at radius 3 is 2.29 bits per heavy atom. The minimum atomic E-state index is 0.273. The molecule has 4 nitrogen and oxygen atoms in total. The van der Waals surface area contributed by atoms with E-state index in [2.05, 4.69) is 37.8 Å². The first-order valence-corrected chi connectivity index (χ1v) is 6.59. The summed E-state index contributed by atoms with van der Waals surface area (Å²) >= 11 is 0. The molecule has 0 amide bonds. The highest BCUT2D eigenvalue weighted by Crippen LogP contribution is 2.49. The number of hydrogen-bond acceptors (Lipinski definition) is 3. The van der Waals surface area contributed by atoms with E-state index < -0.39 is 0 Å². The van der Waals surface area contributed by atoms with Gasteiger partial charge < -0.3 is 15.8 Å². The molecule has 0 aromatic rings. The second-order valence-corrected chi connectivity index (χ2v) is 6.19. The number of rotatable bonds is 7. The van der Waals surface area contributed by atoms with Gasteiger partial charge in [0.2, 0.25) is 0 Å². The van der Waals surface area contributed by atoms with E-state index in [1.54, 1.807) is 0 Å². The summed E-state index contributed by atoms with van der Waals surface area (Å²) in [5.74, 6) is 1.05. The summed E-state index contributed by atoms with van der Waals surface area (Å²) in [4.78, 5) is 2.52. The van der Waals surface area contributed by atoms with Crippen LogP contribution in [0.1, 0.15) is 47.0 Å². The van der Waals surface area contributed by atoms with Crippen LogP contribution in [0, 0.1) is 11.3 Å². The molecule has 0 aromatic carbocycles. The number of oxime groups is 1. The van der Waals surface area contributed by atoms with E-state index in [9.17, 15) is 0 Å². The molecular weight excluding hydrogens is 214 g/mol. The monoisotopic (exact) mass is 241 g/mol. The van der Waals surface area contributed by atoms with Crippen LogP contribution in [0.4, 0.5) is 0 Å². The Morgan fingerprint density at radius 1 is 1.35 bits per heavy atom. The molecule has 0 atom stereocenters. The van der Waals surface area contributed by atoms with Crippen LogP contribution in [-0.2, 0) is 0 Å². The van der Waals surface area contributed by atoms with Gasteiger partial charge in [0.25, 0.3) is 0 Å². The zero-order valence-electron chi connectivity index (χ0n) is 11.6. The average molecular weight is 241 g/mol. The molecule has 0 radical (unpaired) electrons. The molecule has 0 unspecified atom stereocenters. The van der Waals surface area contributed by atoms with Crippen molar-refractivity contribution in [1.82, 2.24) is 4.90 Å². The fourth-order valence-electron chi connectivity index (χ4n) is 2.34. The minimum Gasteiger partial charge on any atom is -0.409 e. The Labute approximate surface area is 105 Å². The Morgan fingerprint density at radius 2 is 1.94 bits per heavy atom. The van der Waals surface area contributed by atoms with Gasteiger partial charge in [0.05, 0.1) is 0 Å². The predicted octanol–water partition coefficient (Wildman–Crippen LogP) is 2.27. The first-order chi connectivity index (χ1) is 7.88. The molecule has 1 aliphatic rings. The summed E-state index contributed by atoms with van der Waals surface area (Å²) in [6.45, 7) is 11.2. The molecular formula is C13H27N3O. The van der Waals surface area contributed by atoms with Crippen molar-refractivity contribution in [3.05, 3.63) is 0 Å². The fourth-order valence-corrected chi connectivity index (χ4v) is 2.34. The molecule has 0 heterocycles. The molecule has 0 spiro atoms. The van der Waals surface area contributed by atoms with Crippen LogP contribution >= 0.6 is 0 Å². The maximum absolute atomic E-state index is 8.66. The molecule has 1 rings (SSSR count). The normalized spacial score (nSPS) is 19.4. The third-order valence-corrected chi connectivity index (χ3v) is 3.51. The summed E-state index contributed by atoms with van der Waals surface area (Å²) in [6.07, 6.45) is 3.12. The van der Waals surface area contributed by atoms with E-state index in [1.165, 1.54) is 12.8 Å². The van der Waals surface area contributed by atoms with E-state index in [0.29, 0.717) is 17.8 Å². The quantitative estimate of drug-likeness (QED) is 0.311. The van der Waals surface area contributed by atoms with Gasteiger partial charge in [0.15, 0.2) is 0 Å². The van der Waals surface area contributed by atoms with Crippen molar-refractivity contribution in [2.75, 3.05) is 13.1 Å². The highest BCUT2D eigenvalue weighted by Gasteiger charge is 2.44. The van der Waals surface area contributed by atoms with E-state index in [0.717, 1.165) is 19.5 Å². The largest absolute Gasteiger partial charge is 0.409 e. The van der Waals surface area contributed by atoms with E-state index in [1.807, 2.05) is 0 Å². The van der Waals surface area contributed by atoms with Gasteiger partial charge in [-0.1, -0.05) is 19.0 Å². The molecule has 1 saturated carbocycles. The van der Waals surface area contributed by atoms with Crippen LogP contribution in [0.25, 0.3) is 0 Å². The van der Waals surface area contributed by atoms with E-state index in [-0.39, 0.29) is 5.41 Å². The Hall–Kier alpha value is -0.770. The highest BCUT2D eigenvalue weighted by molar-refractivity contribution is 5.80. The Bertz CT molecular complexity index is 270. The van der Waals surface area contributed by atoms with Gasteiger partial charge in [0.1, 0.15) is 5.84 Å².